The standard InChI is InChI=1S/C11H17N3O2/c1-3-5-11(2,10(15)16)14-7-9-4-6-12-8-13-9/h4,6,8,14H,3,5,7H2,1-2H3,(H,15,16). The van der Waals surface area contributed by atoms with Gasteiger partial charge >= 0.3 is 5.97 Å². The van der Waals surface area contributed by atoms with Crippen LogP contribution >= 0.6 is 0 Å². The molecule has 0 saturated carbocycles. The second-order valence-corrected chi connectivity index (χ2v) is 3.94. The summed E-state index contributed by atoms with van der Waals surface area (Å²) in [5, 5.41) is 12.2. The van der Waals surface area contributed by atoms with Crippen LogP contribution < -0.4 is 5.32 Å². The Morgan fingerprint density at radius 3 is 2.88 bits per heavy atom. The minimum Gasteiger partial charge on any atom is -0.480 e. The van der Waals surface area contributed by atoms with E-state index in [1.54, 1.807) is 19.2 Å². The first kappa shape index (κ1) is 12.6. The lowest BCUT2D eigenvalue weighted by Crippen LogP contribution is -2.49. The van der Waals surface area contributed by atoms with Gasteiger partial charge in [-0.2, -0.15) is 0 Å². The average molecular weight is 223 g/mol. The fourth-order valence-electron chi connectivity index (χ4n) is 1.48. The zero-order valence-corrected chi connectivity index (χ0v) is 9.60. The molecule has 1 aromatic heterocycles. The van der Waals surface area contributed by atoms with Crippen molar-refractivity contribution >= 4 is 5.97 Å². The molecular weight excluding hydrogens is 206 g/mol. The van der Waals surface area contributed by atoms with E-state index in [4.69, 9.17) is 5.11 Å². The number of nitrogens with one attached hydrogen (secondary N) is 1. The molecule has 0 aliphatic carbocycles. The molecule has 0 aliphatic rings. The van der Waals surface area contributed by atoms with Gasteiger partial charge in [-0.25, -0.2) is 9.97 Å². The van der Waals surface area contributed by atoms with Crippen LogP contribution in [0.3, 0.4) is 0 Å². The maximum atomic E-state index is 11.1. The van der Waals surface area contributed by atoms with Crippen LogP contribution in [-0.2, 0) is 11.3 Å². The lowest BCUT2D eigenvalue weighted by Gasteiger charge is -2.25. The van der Waals surface area contributed by atoms with E-state index in [9.17, 15) is 4.79 Å². The maximum absolute atomic E-state index is 11.1. The SMILES string of the molecule is CCCC(C)(NCc1ccncn1)C(=O)O. The summed E-state index contributed by atoms with van der Waals surface area (Å²) in [5.41, 5.74) is -0.0988. The molecule has 1 atom stereocenters. The van der Waals surface area contributed by atoms with Gasteiger partial charge in [0.05, 0.1) is 5.69 Å². The zero-order chi connectivity index (χ0) is 12.0. The van der Waals surface area contributed by atoms with E-state index in [0.717, 1.165) is 12.1 Å². The highest BCUT2D eigenvalue weighted by Gasteiger charge is 2.31. The Hall–Kier alpha value is -1.49. The molecule has 0 spiro atoms. The second-order valence-electron chi connectivity index (χ2n) is 3.94. The molecule has 1 rings (SSSR count). The van der Waals surface area contributed by atoms with Gasteiger partial charge in [-0.05, 0) is 19.4 Å². The number of carboxylic acids is 1. The minimum atomic E-state index is -0.889. The number of hydrogen-bond acceptors (Lipinski definition) is 4. The third-order valence-electron chi connectivity index (χ3n) is 2.52. The largest absolute Gasteiger partial charge is 0.480 e. The van der Waals surface area contributed by atoms with Gasteiger partial charge in [0.1, 0.15) is 11.9 Å². The van der Waals surface area contributed by atoms with Gasteiger partial charge < -0.3 is 5.11 Å². The van der Waals surface area contributed by atoms with Crippen molar-refractivity contribution in [3.05, 3.63) is 24.3 Å². The molecule has 88 valence electrons. The minimum absolute atomic E-state index is 0.436. The number of rotatable bonds is 6. The van der Waals surface area contributed by atoms with E-state index in [2.05, 4.69) is 15.3 Å². The van der Waals surface area contributed by atoms with Crippen LogP contribution in [0.4, 0.5) is 0 Å². The molecule has 0 aromatic carbocycles. The molecule has 5 heteroatoms. The number of carboxylic acid groups (broad SMARTS) is 1. The summed E-state index contributed by atoms with van der Waals surface area (Å²) in [4.78, 5) is 19.0. The highest BCUT2D eigenvalue weighted by molar-refractivity contribution is 5.78. The van der Waals surface area contributed by atoms with E-state index in [1.165, 1.54) is 6.33 Å². The van der Waals surface area contributed by atoms with Crippen LogP contribution in [0.25, 0.3) is 0 Å². The normalized spacial score (nSPS) is 14.4. The molecular formula is C11H17N3O2. The van der Waals surface area contributed by atoms with Crippen LogP contribution in [0.1, 0.15) is 32.4 Å². The topological polar surface area (TPSA) is 75.1 Å². The summed E-state index contributed by atoms with van der Waals surface area (Å²) in [6.07, 6.45) is 4.50. The molecule has 2 N–H and O–H groups in total. The van der Waals surface area contributed by atoms with Gasteiger partial charge in [-0.1, -0.05) is 13.3 Å². The Labute approximate surface area is 94.9 Å². The Balaban J connectivity index is 2.60. The first-order valence-electron chi connectivity index (χ1n) is 5.32. The number of carbonyl (C=O) groups is 1. The highest BCUT2D eigenvalue weighted by Crippen LogP contribution is 2.13. The molecule has 16 heavy (non-hydrogen) atoms. The predicted octanol–water partition coefficient (Wildman–Crippen LogP) is 1.21. The first-order valence-corrected chi connectivity index (χ1v) is 5.32. The van der Waals surface area contributed by atoms with Gasteiger partial charge in [0.15, 0.2) is 0 Å². The van der Waals surface area contributed by atoms with Gasteiger partial charge in [-0.15, -0.1) is 0 Å². The third kappa shape index (κ3) is 3.27. The number of aromatic nitrogens is 2. The smallest absolute Gasteiger partial charge is 0.323 e. The Kier molecular flexibility index (Phi) is 4.37. The Morgan fingerprint density at radius 2 is 2.38 bits per heavy atom. The van der Waals surface area contributed by atoms with E-state index in [0.29, 0.717) is 13.0 Å². The predicted molar refractivity (Wildman–Crippen MR) is 59.8 cm³/mol. The molecule has 0 saturated heterocycles. The van der Waals surface area contributed by atoms with Crippen molar-refractivity contribution in [3.63, 3.8) is 0 Å². The first-order chi connectivity index (χ1) is 7.58. The maximum Gasteiger partial charge on any atom is 0.323 e. The van der Waals surface area contributed by atoms with Crippen molar-refractivity contribution in [1.82, 2.24) is 15.3 Å². The summed E-state index contributed by atoms with van der Waals surface area (Å²) in [5.74, 6) is -0.830. The summed E-state index contributed by atoms with van der Waals surface area (Å²) >= 11 is 0. The summed E-state index contributed by atoms with van der Waals surface area (Å²) in [6.45, 7) is 4.10. The van der Waals surface area contributed by atoms with Crippen LogP contribution in [0, 0.1) is 0 Å². The van der Waals surface area contributed by atoms with Gasteiger partial charge in [0.2, 0.25) is 0 Å². The summed E-state index contributed by atoms with van der Waals surface area (Å²) < 4.78 is 0. The van der Waals surface area contributed by atoms with E-state index < -0.39 is 11.5 Å². The van der Waals surface area contributed by atoms with E-state index in [1.807, 2.05) is 6.92 Å². The molecule has 0 radical (unpaired) electrons. The van der Waals surface area contributed by atoms with Crippen molar-refractivity contribution in [2.24, 2.45) is 0 Å². The molecule has 0 aliphatic heterocycles. The fourth-order valence-corrected chi connectivity index (χ4v) is 1.48. The van der Waals surface area contributed by atoms with Gasteiger partial charge in [-0.3, -0.25) is 10.1 Å². The molecule has 1 unspecified atom stereocenters. The van der Waals surface area contributed by atoms with Crippen LogP contribution in [0.2, 0.25) is 0 Å². The Bertz CT molecular complexity index is 342. The monoisotopic (exact) mass is 223 g/mol. The van der Waals surface area contributed by atoms with Crippen molar-refractivity contribution in [1.29, 1.82) is 0 Å². The number of aliphatic carboxylic acids is 1. The van der Waals surface area contributed by atoms with Crippen LogP contribution in [-0.4, -0.2) is 26.6 Å². The van der Waals surface area contributed by atoms with Gasteiger partial charge in [0, 0.05) is 12.7 Å². The van der Waals surface area contributed by atoms with E-state index >= 15 is 0 Å². The molecule has 0 bridgehead atoms. The lowest BCUT2D eigenvalue weighted by molar-refractivity contribution is -0.144. The molecule has 0 fully saturated rings. The Morgan fingerprint density at radius 1 is 1.62 bits per heavy atom. The zero-order valence-electron chi connectivity index (χ0n) is 9.60. The van der Waals surface area contributed by atoms with Crippen LogP contribution in [0.15, 0.2) is 18.6 Å². The summed E-state index contributed by atoms with van der Waals surface area (Å²) in [6, 6.07) is 1.77. The molecule has 5 nitrogen and oxygen atoms in total. The van der Waals surface area contributed by atoms with Crippen molar-refractivity contribution < 1.29 is 9.90 Å². The second kappa shape index (κ2) is 5.55. The fraction of sp³-hybridized carbons (Fsp3) is 0.545. The van der Waals surface area contributed by atoms with Crippen molar-refractivity contribution in [2.75, 3.05) is 0 Å². The third-order valence-corrected chi connectivity index (χ3v) is 2.52. The lowest BCUT2D eigenvalue weighted by atomic mass is 9.96. The van der Waals surface area contributed by atoms with Gasteiger partial charge in [0.25, 0.3) is 0 Å². The van der Waals surface area contributed by atoms with Crippen molar-refractivity contribution in [3.8, 4) is 0 Å². The average Bonchev–Trinajstić information content (AvgIpc) is 2.28. The number of nitrogens with zero attached hydrogens (tertiary/aromatic N) is 2. The van der Waals surface area contributed by atoms with Crippen LogP contribution in [0.5, 0.6) is 0 Å². The van der Waals surface area contributed by atoms with E-state index in [-0.39, 0.29) is 0 Å². The quantitative estimate of drug-likeness (QED) is 0.758. The summed E-state index contributed by atoms with van der Waals surface area (Å²) in [7, 11) is 0. The highest BCUT2D eigenvalue weighted by atomic mass is 16.4. The molecule has 1 aromatic rings. The van der Waals surface area contributed by atoms with Crippen molar-refractivity contribution in [2.45, 2.75) is 38.8 Å². The molecule has 1 heterocycles. The number of hydrogen-bond donors (Lipinski definition) is 2. The molecule has 0 amide bonds.